The first-order chi connectivity index (χ1) is 14.3. The number of carbonyl (C=O) groups excluding carboxylic acids is 1. The van der Waals surface area contributed by atoms with E-state index in [1.165, 1.54) is 30.3 Å². The smallest absolute Gasteiger partial charge is 0.261 e. The van der Waals surface area contributed by atoms with Crippen LogP contribution in [0.1, 0.15) is 22.3 Å². The summed E-state index contributed by atoms with van der Waals surface area (Å²) in [5.74, 6) is -0.653. The van der Waals surface area contributed by atoms with Crippen molar-refractivity contribution in [2.45, 2.75) is 17.7 Å². The van der Waals surface area contributed by atoms with E-state index < -0.39 is 15.8 Å². The maximum atomic E-state index is 13.2. The summed E-state index contributed by atoms with van der Waals surface area (Å²) in [6, 6.07) is 16.5. The van der Waals surface area contributed by atoms with Gasteiger partial charge in [-0.05, 0) is 85.1 Å². The zero-order valence-electron chi connectivity index (χ0n) is 15.8. The molecule has 3 aromatic rings. The molecule has 1 aliphatic heterocycles. The van der Waals surface area contributed by atoms with Crippen LogP contribution >= 0.6 is 11.6 Å². The molecular weight excluding hydrogens is 427 g/mol. The van der Waals surface area contributed by atoms with E-state index in [1.807, 2.05) is 0 Å². The minimum absolute atomic E-state index is 0.118. The molecule has 5 nitrogen and oxygen atoms in total. The fourth-order valence-corrected chi connectivity index (χ4v) is 4.67. The van der Waals surface area contributed by atoms with Gasteiger partial charge in [0.25, 0.3) is 15.9 Å². The number of anilines is 2. The molecule has 0 fully saturated rings. The van der Waals surface area contributed by atoms with Crippen molar-refractivity contribution >= 4 is 38.9 Å². The van der Waals surface area contributed by atoms with Crippen LogP contribution in [0.5, 0.6) is 0 Å². The van der Waals surface area contributed by atoms with Crippen LogP contribution in [-0.4, -0.2) is 20.9 Å². The summed E-state index contributed by atoms with van der Waals surface area (Å²) in [6.45, 7) is 0.512. The molecule has 0 saturated heterocycles. The van der Waals surface area contributed by atoms with Gasteiger partial charge in [0, 0.05) is 28.5 Å². The second-order valence-corrected chi connectivity index (χ2v) is 9.09. The molecule has 3 aromatic carbocycles. The van der Waals surface area contributed by atoms with Crippen LogP contribution in [0.2, 0.25) is 5.02 Å². The van der Waals surface area contributed by atoms with Crippen molar-refractivity contribution < 1.29 is 17.6 Å². The van der Waals surface area contributed by atoms with Crippen molar-refractivity contribution in [3.8, 4) is 0 Å². The highest BCUT2D eigenvalue weighted by atomic mass is 35.5. The topological polar surface area (TPSA) is 66.5 Å². The molecule has 0 bridgehead atoms. The van der Waals surface area contributed by atoms with Crippen LogP contribution in [0.3, 0.4) is 0 Å². The van der Waals surface area contributed by atoms with Crippen molar-refractivity contribution in [1.29, 1.82) is 0 Å². The molecule has 0 atom stereocenters. The van der Waals surface area contributed by atoms with Crippen molar-refractivity contribution in [1.82, 2.24) is 0 Å². The highest BCUT2D eigenvalue weighted by molar-refractivity contribution is 7.92. The fourth-order valence-electron chi connectivity index (χ4n) is 3.43. The first-order valence-corrected chi connectivity index (χ1v) is 11.2. The van der Waals surface area contributed by atoms with Gasteiger partial charge >= 0.3 is 0 Å². The van der Waals surface area contributed by atoms with E-state index in [4.69, 9.17) is 11.6 Å². The molecule has 0 spiro atoms. The second kappa shape index (κ2) is 8.08. The first kappa shape index (κ1) is 20.4. The van der Waals surface area contributed by atoms with Gasteiger partial charge in [-0.1, -0.05) is 11.6 Å². The number of benzene rings is 3. The maximum Gasteiger partial charge on any atom is 0.261 e. The SMILES string of the molecule is O=C(c1ccc(F)cc1)N1CCCc2cc(S(=O)(=O)Nc3ccc(Cl)cc3)ccc21. The van der Waals surface area contributed by atoms with Crippen LogP contribution < -0.4 is 9.62 Å². The summed E-state index contributed by atoms with van der Waals surface area (Å²) < 4.78 is 41.3. The number of rotatable bonds is 4. The van der Waals surface area contributed by atoms with Gasteiger partial charge in [-0.25, -0.2) is 12.8 Å². The lowest BCUT2D eigenvalue weighted by molar-refractivity contribution is 0.0985. The standard InChI is InChI=1S/C22H18ClFN2O3S/c23-17-5-9-19(10-6-17)25-30(28,29)20-11-12-21-16(14-20)2-1-13-26(21)22(27)15-3-7-18(24)8-4-15/h3-12,14,25H,1-2,13H2. The predicted molar refractivity (Wildman–Crippen MR) is 115 cm³/mol. The van der Waals surface area contributed by atoms with Gasteiger partial charge in [0.1, 0.15) is 5.82 Å². The zero-order valence-corrected chi connectivity index (χ0v) is 17.4. The van der Waals surface area contributed by atoms with E-state index in [1.54, 1.807) is 41.3 Å². The van der Waals surface area contributed by atoms with Crippen molar-refractivity contribution in [3.05, 3.63) is 88.7 Å². The average molecular weight is 445 g/mol. The fraction of sp³-hybridized carbons (Fsp3) is 0.136. The molecule has 4 rings (SSSR count). The molecule has 1 aliphatic rings. The van der Waals surface area contributed by atoms with Gasteiger partial charge < -0.3 is 4.90 Å². The number of nitrogens with zero attached hydrogens (tertiary/aromatic N) is 1. The molecule has 154 valence electrons. The number of aryl methyl sites for hydroxylation is 1. The molecule has 0 aliphatic carbocycles. The summed E-state index contributed by atoms with van der Waals surface area (Å²) in [4.78, 5) is 14.6. The number of carbonyl (C=O) groups is 1. The number of fused-ring (bicyclic) bond motifs is 1. The average Bonchev–Trinajstić information content (AvgIpc) is 2.74. The van der Waals surface area contributed by atoms with Crippen molar-refractivity contribution in [2.24, 2.45) is 0 Å². The minimum Gasteiger partial charge on any atom is -0.308 e. The molecule has 0 unspecified atom stereocenters. The molecule has 8 heteroatoms. The molecule has 1 N–H and O–H groups in total. The summed E-state index contributed by atoms with van der Waals surface area (Å²) in [6.07, 6.45) is 1.36. The Hall–Kier alpha value is -2.90. The second-order valence-electron chi connectivity index (χ2n) is 6.97. The molecule has 0 saturated carbocycles. The Kier molecular flexibility index (Phi) is 5.49. The molecule has 1 heterocycles. The highest BCUT2D eigenvalue weighted by Gasteiger charge is 2.25. The molecule has 1 amide bonds. The van der Waals surface area contributed by atoms with Crippen LogP contribution in [0, 0.1) is 5.82 Å². The Bertz CT molecular complexity index is 1200. The zero-order chi connectivity index (χ0) is 21.3. The normalized spacial score (nSPS) is 13.6. The number of nitrogens with one attached hydrogen (secondary N) is 1. The third kappa shape index (κ3) is 4.17. The third-order valence-electron chi connectivity index (χ3n) is 4.91. The van der Waals surface area contributed by atoms with Crippen molar-refractivity contribution in [3.63, 3.8) is 0 Å². The van der Waals surface area contributed by atoms with Crippen LogP contribution in [0.4, 0.5) is 15.8 Å². The lowest BCUT2D eigenvalue weighted by Gasteiger charge is -2.30. The van der Waals surface area contributed by atoms with Gasteiger partial charge in [-0.15, -0.1) is 0 Å². The Morgan fingerprint density at radius 3 is 2.40 bits per heavy atom. The lowest BCUT2D eigenvalue weighted by atomic mass is 10.0. The Morgan fingerprint density at radius 1 is 1.00 bits per heavy atom. The molecular formula is C22H18ClFN2O3S. The highest BCUT2D eigenvalue weighted by Crippen LogP contribution is 2.31. The summed E-state index contributed by atoms with van der Waals surface area (Å²) >= 11 is 5.84. The number of amides is 1. The quantitative estimate of drug-likeness (QED) is 0.624. The van der Waals surface area contributed by atoms with E-state index in [9.17, 15) is 17.6 Å². The lowest BCUT2D eigenvalue weighted by Crippen LogP contribution is -2.35. The molecule has 0 aromatic heterocycles. The number of hydrogen-bond donors (Lipinski definition) is 1. The third-order valence-corrected chi connectivity index (χ3v) is 6.54. The van der Waals surface area contributed by atoms with Gasteiger partial charge in [0.15, 0.2) is 0 Å². The van der Waals surface area contributed by atoms with E-state index in [0.717, 1.165) is 5.56 Å². The number of sulfonamides is 1. The van der Waals surface area contributed by atoms with E-state index in [2.05, 4.69) is 4.72 Å². The monoisotopic (exact) mass is 444 g/mol. The van der Waals surface area contributed by atoms with E-state index >= 15 is 0 Å². The molecule has 0 radical (unpaired) electrons. The van der Waals surface area contributed by atoms with Crippen LogP contribution in [0.25, 0.3) is 0 Å². The Morgan fingerprint density at radius 2 is 1.70 bits per heavy atom. The van der Waals surface area contributed by atoms with Crippen molar-refractivity contribution in [2.75, 3.05) is 16.2 Å². The van der Waals surface area contributed by atoms with Gasteiger partial charge in [-0.2, -0.15) is 0 Å². The Balaban J connectivity index is 1.62. The number of halogens is 2. The minimum atomic E-state index is -3.79. The van der Waals surface area contributed by atoms with E-state index in [-0.39, 0.29) is 10.8 Å². The van der Waals surface area contributed by atoms with Gasteiger partial charge in [0.05, 0.1) is 4.90 Å². The number of hydrogen-bond acceptors (Lipinski definition) is 3. The summed E-state index contributed by atoms with van der Waals surface area (Å²) in [7, 11) is -3.79. The maximum absolute atomic E-state index is 13.2. The summed E-state index contributed by atoms with van der Waals surface area (Å²) in [5, 5.41) is 0.512. The largest absolute Gasteiger partial charge is 0.308 e. The van der Waals surface area contributed by atoms with Gasteiger partial charge in [0.2, 0.25) is 0 Å². The van der Waals surface area contributed by atoms with Crippen LogP contribution in [-0.2, 0) is 16.4 Å². The molecule has 30 heavy (non-hydrogen) atoms. The predicted octanol–water partition coefficient (Wildman–Crippen LogP) is 4.87. The van der Waals surface area contributed by atoms with Crippen LogP contribution in [0.15, 0.2) is 71.6 Å². The first-order valence-electron chi connectivity index (χ1n) is 9.32. The Labute approximate surface area is 179 Å². The van der Waals surface area contributed by atoms with Gasteiger partial charge in [-0.3, -0.25) is 9.52 Å². The summed E-state index contributed by atoms with van der Waals surface area (Å²) in [5.41, 5.74) is 2.23. The van der Waals surface area contributed by atoms with E-state index in [0.29, 0.717) is 41.3 Å².